The number of primary amides is 1. The Morgan fingerprint density at radius 2 is 1.89 bits per heavy atom. The Bertz CT molecular complexity index is 577. The second-order valence-corrected chi connectivity index (χ2v) is 11.2. The first-order chi connectivity index (χ1) is 12.8. The van der Waals surface area contributed by atoms with Crippen LogP contribution in [0, 0.1) is 46.3 Å². The number of aliphatic hydroxyl groups is 1. The Morgan fingerprint density at radius 3 is 2.63 bits per heavy atom. The molecular formula is C24H41NO2. The molecule has 1 amide bonds. The van der Waals surface area contributed by atoms with Gasteiger partial charge in [-0.25, -0.2) is 0 Å². The van der Waals surface area contributed by atoms with E-state index in [1.54, 1.807) is 0 Å². The first kappa shape index (κ1) is 19.7. The summed E-state index contributed by atoms with van der Waals surface area (Å²) in [6, 6.07) is 0. The SMILES string of the molecule is C[C@H](CCC(N)=O)[C@H]1CC[C@H]2[C@@H]3CC[C@@H]4CCCC[C@]4(C)[C@H]3CC(O)[C@]12C. The summed E-state index contributed by atoms with van der Waals surface area (Å²) in [7, 11) is 0. The van der Waals surface area contributed by atoms with Crippen molar-refractivity contribution in [2.75, 3.05) is 0 Å². The minimum atomic E-state index is -0.186. The number of carbonyl (C=O) groups is 1. The van der Waals surface area contributed by atoms with Crippen molar-refractivity contribution in [2.24, 2.45) is 52.1 Å². The van der Waals surface area contributed by atoms with Crippen LogP contribution in [0.5, 0.6) is 0 Å². The summed E-state index contributed by atoms with van der Waals surface area (Å²) < 4.78 is 0. The number of amides is 1. The number of rotatable bonds is 4. The van der Waals surface area contributed by atoms with Gasteiger partial charge in [-0.2, -0.15) is 0 Å². The molecule has 3 nitrogen and oxygen atoms in total. The Hall–Kier alpha value is -0.570. The van der Waals surface area contributed by atoms with Crippen LogP contribution in [-0.2, 0) is 4.79 Å². The molecule has 4 saturated carbocycles. The molecule has 0 aliphatic heterocycles. The average Bonchev–Trinajstić information content (AvgIpc) is 2.99. The van der Waals surface area contributed by atoms with Crippen LogP contribution in [0.2, 0.25) is 0 Å². The molecule has 4 fully saturated rings. The standard InChI is InChI=1S/C24H41NO2/c1-15(7-12-22(25)27)18-10-11-19-17-9-8-16-6-4-5-13-23(16,2)20(17)14-21(26)24(18,19)3/h15-21,26H,4-14H2,1-3H3,(H2,25,27)/t15-,16+,17+,18-,19+,20+,21?,23+,24-/m1/s1. The predicted molar refractivity (Wildman–Crippen MR) is 109 cm³/mol. The second-order valence-electron chi connectivity index (χ2n) is 11.2. The molecule has 4 aliphatic rings. The molecule has 0 bridgehead atoms. The van der Waals surface area contributed by atoms with Crippen molar-refractivity contribution >= 4 is 5.91 Å². The van der Waals surface area contributed by atoms with Gasteiger partial charge in [0.2, 0.25) is 5.91 Å². The topological polar surface area (TPSA) is 63.3 Å². The van der Waals surface area contributed by atoms with Crippen LogP contribution in [0.25, 0.3) is 0 Å². The van der Waals surface area contributed by atoms with Gasteiger partial charge in [0, 0.05) is 6.42 Å². The molecule has 0 aromatic carbocycles. The molecule has 0 saturated heterocycles. The molecule has 0 aromatic heterocycles. The highest BCUT2D eigenvalue weighted by Gasteiger charge is 2.63. The summed E-state index contributed by atoms with van der Waals surface area (Å²) >= 11 is 0. The number of fused-ring (bicyclic) bond motifs is 5. The summed E-state index contributed by atoms with van der Waals surface area (Å²) in [4.78, 5) is 11.3. The number of nitrogens with two attached hydrogens (primary N) is 1. The number of hydrogen-bond donors (Lipinski definition) is 2. The van der Waals surface area contributed by atoms with Crippen molar-refractivity contribution < 1.29 is 9.90 Å². The normalized spacial score (nSPS) is 50.4. The molecule has 9 atom stereocenters. The largest absolute Gasteiger partial charge is 0.393 e. The second kappa shape index (κ2) is 7.04. The molecule has 154 valence electrons. The maximum absolute atomic E-state index is 11.5. The minimum Gasteiger partial charge on any atom is -0.393 e. The first-order valence-electron chi connectivity index (χ1n) is 11.7. The van der Waals surface area contributed by atoms with E-state index in [0.29, 0.717) is 29.6 Å². The lowest BCUT2D eigenvalue weighted by molar-refractivity contribution is -0.168. The van der Waals surface area contributed by atoms with Gasteiger partial charge >= 0.3 is 0 Å². The van der Waals surface area contributed by atoms with Crippen molar-refractivity contribution in [1.29, 1.82) is 0 Å². The lowest BCUT2D eigenvalue weighted by Gasteiger charge is -2.62. The third kappa shape index (κ3) is 2.98. The van der Waals surface area contributed by atoms with E-state index in [9.17, 15) is 9.90 Å². The predicted octanol–water partition coefficient (Wildman–Crippen LogP) is 4.91. The van der Waals surface area contributed by atoms with Gasteiger partial charge in [0.25, 0.3) is 0 Å². The van der Waals surface area contributed by atoms with E-state index in [4.69, 9.17) is 5.73 Å². The highest BCUT2D eigenvalue weighted by molar-refractivity contribution is 5.73. The van der Waals surface area contributed by atoms with Gasteiger partial charge in [0.05, 0.1) is 6.10 Å². The van der Waals surface area contributed by atoms with Crippen LogP contribution in [-0.4, -0.2) is 17.1 Å². The van der Waals surface area contributed by atoms with Crippen LogP contribution in [0.4, 0.5) is 0 Å². The van der Waals surface area contributed by atoms with Crippen molar-refractivity contribution in [3.8, 4) is 0 Å². The lowest BCUT2D eigenvalue weighted by atomic mass is 9.44. The Balaban J connectivity index is 1.57. The molecule has 27 heavy (non-hydrogen) atoms. The quantitative estimate of drug-likeness (QED) is 0.733. The fourth-order valence-electron chi connectivity index (χ4n) is 8.79. The van der Waals surface area contributed by atoms with Crippen LogP contribution < -0.4 is 5.73 Å². The average molecular weight is 376 g/mol. The van der Waals surface area contributed by atoms with Gasteiger partial charge < -0.3 is 10.8 Å². The van der Waals surface area contributed by atoms with Gasteiger partial charge in [-0.3, -0.25) is 4.79 Å². The number of hydrogen-bond acceptors (Lipinski definition) is 2. The summed E-state index contributed by atoms with van der Waals surface area (Å²) in [5, 5.41) is 11.5. The molecule has 0 heterocycles. The molecule has 0 spiro atoms. The Morgan fingerprint density at radius 1 is 1.11 bits per heavy atom. The van der Waals surface area contributed by atoms with Crippen molar-refractivity contribution in [3.05, 3.63) is 0 Å². The fraction of sp³-hybridized carbons (Fsp3) is 0.958. The van der Waals surface area contributed by atoms with E-state index >= 15 is 0 Å². The zero-order chi connectivity index (χ0) is 19.4. The molecule has 0 aromatic rings. The molecule has 3 N–H and O–H groups in total. The molecule has 4 rings (SSSR count). The zero-order valence-corrected chi connectivity index (χ0v) is 17.8. The van der Waals surface area contributed by atoms with Crippen LogP contribution in [0.1, 0.15) is 91.4 Å². The maximum Gasteiger partial charge on any atom is 0.217 e. The highest BCUT2D eigenvalue weighted by atomic mass is 16.3. The minimum absolute atomic E-state index is 0.0378. The third-order valence-corrected chi connectivity index (χ3v) is 10.3. The van der Waals surface area contributed by atoms with Crippen molar-refractivity contribution in [1.82, 2.24) is 0 Å². The van der Waals surface area contributed by atoms with E-state index in [0.717, 1.165) is 30.6 Å². The van der Waals surface area contributed by atoms with E-state index in [1.807, 2.05) is 0 Å². The summed E-state index contributed by atoms with van der Waals surface area (Å²) in [5.41, 5.74) is 5.92. The number of aliphatic hydroxyl groups excluding tert-OH is 1. The van der Waals surface area contributed by atoms with Gasteiger partial charge in [-0.15, -0.1) is 0 Å². The Kier molecular flexibility index (Phi) is 5.15. The third-order valence-electron chi connectivity index (χ3n) is 10.3. The van der Waals surface area contributed by atoms with E-state index in [2.05, 4.69) is 20.8 Å². The van der Waals surface area contributed by atoms with E-state index < -0.39 is 0 Å². The van der Waals surface area contributed by atoms with Gasteiger partial charge in [0.15, 0.2) is 0 Å². The molecule has 3 heteroatoms. The fourth-order valence-corrected chi connectivity index (χ4v) is 8.79. The monoisotopic (exact) mass is 375 g/mol. The molecular weight excluding hydrogens is 334 g/mol. The van der Waals surface area contributed by atoms with E-state index in [-0.39, 0.29) is 17.4 Å². The van der Waals surface area contributed by atoms with Crippen molar-refractivity contribution in [2.45, 2.75) is 97.5 Å². The van der Waals surface area contributed by atoms with Crippen molar-refractivity contribution in [3.63, 3.8) is 0 Å². The maximum atomic E-state index is 11.5. The van der Waals surface area contributed by atoms with Crippen LogP contribution >= 0.6 is 0 Å². The Labute approximate surface area is 165 Å². The lowest BCUT2D eigenvalue weighted by Crippen LogP contribution is -2.58. The molecule has 4 aliphatic carbocycles. The van der Waals surface area contributed by atoms with Gasteiger partial charge in [-0.05, 0) is 97.7 Å². The van der Waals surface area contributed by atoms with Gasteiger partial charge in [0.1, 0.15) is 0 Å². The van der Waals surface area contributed by atoms with Crippen LogP contribution in [0.3, 0.4) is 0 Å². The van der Waals surface area contributed by atoms with Gasteiger partial charge in [-0.1, -0.05) is 33.6 Å². The van der Waals surface area contributed by atoms with Crippen LogP contribution in [0.15, 0.2) is 0 Å². The number of carbonyl (C=O) groups excluding carboxylic acids is 1. The summed E-state index contributed by atoms with van der Waals surface area (Å²) in [5.74, 6) is 3.93. The summed E-state index contributed by atoms with van der Waals surface area (Å²) in [6.07, 6.45) is 13.1. The highest BCUT2D eigenvalue weighted by Crippen LogP contribution is 2.68. The van der Waals surface area contributed by atoms with E-state index in [1.165, 1.54) is 51.4 Å². The zero-order valence-electron chi connectivity index (χ0n) is 17.8. The first-order valence-corrected chi connectivity index (χ1v) is 11.7. The molecule has 1 unspecified atom stereocenters. The summed E-state index contributed by atoms with van der Waals surface area (Å²) in [6.45, 7) is 7.26. The molecule has 0 radical (unpaired) electrons. The smallest absolute Gasteiger partial charge is 0.217 e.